The van der Waals surface area contributed by atoms with Gasteiger partial charge in [0.25, 0.3) is 5.91 Å². The molecule has 0 N–H and O–H groups in total. The fourth-order valence-corrected chi connectivity index (χ4v) is 2.74. The van der Waals surface area contributed by atoms with E-state index in [0.717, 1.165) is 5.56 Å². The quantitative estimate of drug-likeness (QED) is 0.628. The van der Waals surface area contributed by atoms with Crippen molar-refractivity contribution in [2.24, 2.45) is 0 Å². The highest BCUT2D eigenvalue weighted by Gasteiger charge is 2.24. The molecular formula is C21H23N3O3. The van der Waals surface area contributed by atoms with E-state index in [-0.39, 0.29) is 18.5 Å². The monoisotopic (exact) mass is 365 g/mol. The number of hydrogen-bond acceptors (Lipinski definition) is 5. The van der Waals surface area contributed by atoms with Crippen molar-refractivity contribution in [2.75, 3.05) is 6.61 Å². The molecule has 0 spiro atoms. The van der Waals surface area contributed by atoms with Gasteiger partial charge >= 0.3 is 0 Å². The Morgan fingerprint density at radius 1 is 1.11 bits per heavy atom. The highest BCUT2D eigenvalue weighted by atomic mass is 16.5. The summed E-state index contributed by atoms with van der Waals surface area (Å²) in [5, 5.41) is 4.03. The lowest BCUT2D eigenvalue weighted by molar-refractivity contribution is 0.0663. The minimum Gasteiger partial charge on any atom is -0.493 e. The van der Waals surface area contributed by atoms with Crippen LogP contribution in [0.25, 0.3) is 11.4 Å². The van der Waals surface area contributed by atoms with Gasteiger partial charge < -0.3 is 14.2 Å². The van der Waals surface area contributed by atoms with Crippen LogP contribution in [0.15, 0.2) is 59.1 Å². The predicted molar refractivity (Wildman–Crippen MR) is 102 cm³/mol. The minimum absolute atomic E-state index is 0.0424. The molecule has 6 nitrogen and oxygen atoms in total. The molecule has 27 heavy (non-hydrogen) atoms. The van der Waals surface area contributed by atoms with E-state index in [2.05, 4.69) is 10.1 Å². The molecule has 0 atom stereocenters. The Kier molecular flexibility index (Phi) is 5.86. The Bertz CT molecular complexity index is 890. The van der Waals surface area contributed by atoms with Crippen molar-refractivity contribution >= 4 is 5.91 Å². The van der Waals surface area contributed by atoms with Crippen molar-refractivity contribution in [3.8, 4) is 17.1 Å². The summed E-state index contributed by atoms with van der Waals surface area (Å²) < 4.78 is 11.0. The van der Waals surface area contributed by atoms with E-state index >= 15 is 0 Å². The van der Waals surface area contributed by atoms with E-state index in [4.69, 9.17) is 9.26 Å². The van der Waals surface area contributed by atoms with Gasteiger partial charge in [0.1, 0.15) is 12.3 Å². The highest BCUT2D eigenvalue weighted by molar-refractivity contribution is 5.97. The molecule has 1 aromatic heterocycles. The summed E-state index contributed by atoms with van der Waals surface area (Å²) in [5.41, 5.74) is 1.40. The van der Waals surface area contributed by atoms with Crippen molar-refractivity contribution in [1.82, 2.24) is 15.0 Å². The largest absolute Gasteiger partial charge is 0.493 e. The number of hydrogen-bond donors (Lipinski definition) is 0. The Balaban J connectivity index is 1.83. The minimum atomic E-state index is -0.131. The molecule has 0 bridgehead atoms. The lowest BCUT2D eigenvalue weighted by Gasteiger charge is -2.26. The maximum Gasteiger partial charge on any atom is 0.258 e. The average Bonchev–Trinajstić information content (AvgIpc) is 3.15. The lowest BCUT2D eigenvalue weighted by Crippen LogP contribution is -2.36. The van der Waals surface area contributed by atoms with Crippen molar-refractivity contribution in [3.05, 3.63) is 66.1 Å². The first-order valence-electron chi connectivity index (χ1n) is 9.01. The van der Waals surface area contributed by atoms with Crippen LogP contribution in [0.4, 0.5) is 0 Å². The number of benzene rings is 2. The van der Waals surface area contributed by atoms with Crippen LogP contribution in [0.2, 0.25) is 0 Å². The van der Waals surface area contributed by atoms with Crippen molar-refractivity contribution in [1.29, 1.82) is 0 Å². The zero-order valence-corrected chi connectivity index (χ0v) is 15.8. The van der Waals surface area contributed by atoms with Crippen LogP contribution in [-0.2, 0) is 6.54 Å². The van der Waals surface area contributed by atoms with Crippen molar-refractivity contribution < 1.29 is 14.1 Å². The van der Waals surface area contributed by atoms with Crippen LogP contribution in [0, 0.1) is 0 Å². The number of aromatic nitrogens is 2. The molecule has 3 rings (SSSR count). The Morgan fingerprint density at radius 2 is 1.81 bits per heavy atom. The van der Waals surface area contributed by atoms with Crippen molar-refractivity contribution in [2.45, 2.75) is 33.4 Å². The first kappa shape index (κ1) is 18.6. The maximum atomic E-state index is 13.1. The van der Waals surface area contributed by atoms with E-state index < -0.39 is 0 Å². The van der Waals surface area contributed by atoms with Gasteiger partial charge in [0.2, 0.25) is 11.7 Å². The van der Waals surface area contributed by atoms with Gasteiger partial charge in [-0.3, -0.25) is 4.79 Å². The van der Waals surface area contributed by atoms with E-state index in [9.17, 15) is 4.79 Å². The number of carbonyl (C=O) groups excluding carboxylic acids is 1. The second-order valence-corrected chi connectivity index (χ2v) is 6.33. The number of ether oxygens (including phenoxy) is 1. The Morgan fingerprint density at radius 3 is 2.52 bits per heavy atom. The molecule has 3 aromatic rings. The van der Waals surface area contributed by atoms with Crippen LogP contribution in [0.3, 0.4) is 0 Å². The molecule has 0 saturated carbocycles. The van der Waals surface area contributed by atoms with Gasteiger partial charge in [-0.25, -0.2) is 0 Å². The number of nitrogens with zero attached hydrogens (tertiary/aromatic N) is 3. The third-order valence-electron chi connectivity index (χ3n) is 4.11. The molecule has 1 amide bonds. The molecule has 1 heterocycles. The molecule has 0 radical (unpaired) electrons. The number of carbonyl (C=O) groups is 1. The molecule has 0 fully saturated rings. The molecule has 6 heteroatoms. The highest BCUT2D eigenvalue weighted by Crippen LogP contribution is 2.23. The van der Waals surface area contributed by atoms with Gasteiger partial charge in [-0.1, -0.05) is 47.6 Å². The Hall–Kier alpha value is -3.15. The molecule has 2 aromatic carbocycles. The molecular weight excluding hydrogens is 342 g/mol. The van der Waals surface area contributed by atoms with Crippen LogP contribution in [-0.4, -0.2) is 33.6 Å². The smallest absolute Gasteiger partial charge is 0.258 e. The summed E-state index contributed by atoms with van der Waals surface area (Å²) in [4.78, 5) is 19.2. The van der Waals surface area contributed by atoms with Crippen LogP contribution < -0.4 is 4.74 Å². The van der Waals surface area contributed by atoms with Gasteiger partial charge in [-0.15, -0.1) is 0 Å². The molecule has 0 aliphatic heterocycles. The topological polar surface area (TPSA) is 68.5 Å². The zero-order valence-electron chi connectivity index (χ0n) is 15.8. The summed E-state index contributed by atoms with van der Waals surface area (Å²) in [7, 11) is 0. The van der Waals surface area contributed by atoms with E-state index in [1.165, 1.54) is 0 Å². The van der Waals surface area contributed by atoms with E-state index in [1.807, 2.05) is 63.2 Å². The predicted octanol–water partition coefficient (Wildman–Crippen LogP) is 4.19. The van der Waals surface area contributed by atoms with Gasteiger partial charge in [-0.05, 0) is 32.9 Å². The van der Waals surface area contributed by atoms with Gasteiger partial charge in [0, 0.05) is 11.6 Å². The fourth-order valence-electron chi connectivity index (χ4n) is 2.74. The van der Waals surface area contributed by atoms with Gasteiger partial charge in [-0.2, -0.15) is 4.98 Å². The van der Waals surface area contributed by atoms with E-state index in [0.29, 0.717) is 29.6 Å². The third kappa shape index (κ3) is 4.34. The van der Waals surface area contributed by atoms with Crippen LogP contribution >= 0.6 is 0 Å². The maximum absolute atomic E-state index is 13.1. The summed E-state index contributed by atoms with van der Waals surface area (Å²) in [6, 6.07) is 16.8. The standard InChI is InChI=1S/C21H23N3O3/c1-4-26-18-13-9-8-12-17(18)21(25)24(15(2)3)14-19-22-20(23-27-19)16-10-6-5-7-11-16/h5-13,15H,4,14H2,1-3H3. The fraction of sp³-hybridized carbons (Fsp3) is 0.286. The van der Waals surface area contributed by atoms with Crippen LogP contribution in [0.1, 0.15) is 37.0 Å². The third-order valence-corrected chi connectivity index (χ3v) is 4.11. The average molecular weight is 365 g/mol. The Labute approximate surface area is 158 Å². The molecule has 0 saturated heterocycles. The summed E-state index contributed by atoms with van der Waals surface area (Å²) in [6.45, 7) is 6.53. The molecule has 0 aliphatic carbocycles. The summed E-state index contributed by atoms with van der Waals surface area (Å²) in [6.07, 6.45) is 0. The molecule has 0 unspecified atom stereocenters. The van der Waals surface area contributed by atoms with Gasteiger partial charge in [0.15, 0.2) is 0 Å². The molecule has 140 valence electrons. The second-order valence-electron chi connectivity index (χ2n) is 6.33. The SMILES string of the molecule is CCOc1ccccc1C(=O)N(Cc1nc(-c2ccccc2)no1)C(C)C. The number of amides is 1. The zero-order chi connectivity index (χ0) is 19.2. The second kappa shape index (κ2) is 8.49. The lowest BCUT2D eigenvalue weighted by atomic mass is 10.1. The summed E-state index contributed by atoms with van der Waals surface area (Å²) >= 11 is 0. The normalized spacial score (nSPS) is 10.8. The van der Waals surface area contributed by atoms with E-state index in [1.54, 1.807) is 17.0 Å². The summed E-state index contributed by atoms with van der Waals surface area (Å²) in [5.74, 6) is 1.35. The molecule has 0 aliphatic rings. The number of rotatable bonds is 7. The number of para-hydroxylation sites is 1. The first-order chi connectivity index (χ1) is 13.1. The van der Waals surface area contributed by atoms with Crippen LogP contribution in [0.5, 0.6) is 5.75 Å². The van der Waals surface area contributed by atoms with Gasteiger partial charge in [0.05, 0.1) is 12.2 Å². The van der Waals surface area contributed by atoms with Crippen molar-refractivity contribution in [3.63, 3.8) is 0 Å². The first-order valence-corrected chi connectivity index (χ1v) is 9.01.